The maximum absolute atomic E-state index is 12.7. The molecule has 0 unspecified atom stereocenters. The van der Waals surface area contributed by atoms with E-state index in [1.807, 2.05) is 0 Å². The minimum absolute atomic E-state index is 0. The molecule has 37 heavy (non-hydrogen) atoms. The van der Waals surface area contributed by atoms with Crippen LogP contribution in [0.1, 0.15) is 124 Å². The molecule has 0 bridgehead atoms. The predicted octanol–water partition coefficient (Wildman–Crippen LogP) is 4.44. The summed E-state index contributed by atoms with van der Waals surface area (Å²) in [6.45, 7) is 4.32. The van der Waals surface area contributed by atoms with E-state index >= 15 is 0 Å². The third-order valence-corrected chi connectivity index (χ3v) is 6.59. The molecule has 0 fully saturated rings. The van der Waals surface area contributed by atoms with Crippen molar-refractivity contribution in [2.75, 3.05) is 0 Å². The van der Waals surface area contributed by atoms with Crippen LogP contribution in [0.4, 0.5) is 0 Å². The van der Waals surface area contributed by atoms with Crippen LogP contribution in [-0.4, -0.2) is 24.9 Å². The Hall–Kier alpha value is -0.814. The van der Waals surface area contributed by atoms with Crippen LogP contribution < -0.4 is 51.4 Å². The first-order valence-electron chi connectivity index (χ1n) is 13.1. The zero-order valence-electron chi connectivity index (χ0n) is 22.7. The molecule has 1 aromatic rings. The zero-order valence-corrected chi connectivity index (χ0v) is 26.6. The van der Waals surface area contributed by atoms with Gasteiger partial charge in [-0.05, 0) is 50.0 Å². The van der Waals surface area contributed by atoms with Crippen LogP contribution >= 0.6 is 0 Å². The van der Waals surface area contributed by atoms with Crippen molar-refractivity contribution in [2.45, 2.75) is 109 Å². The Bertz CT molecular complexity index is 955. The van der Waals surface area contributed by atoms with Crippen molar-refractivity contribution in [3.63, 3.8) is 0 Å². The first-order valence-corrected chi connectivity index (χ1v) is 14.5. The van der Waals surface area contributed by atoms with Gasteiger partial charge in [0.1, 0.15) is 10.1 Å². The number of hydrogen-bond acceptors (Lipinski definition) is 7. The van der Waals surface area contributed by atoms with Crippen LogP contribution in [0.3, 0.4) is 0 Å². The van der Waals surface area contributed by atoms with E-state index in [-0.39, 0.29) is 56.9 Å². The summed E-state index contributed by atoms with van der Waals surface area (Å²) in [4.78, 5) is 24.4. The van der Waals surface area contributed by atoms with Gasteiger partial charge < -0.3 is 14.0 Å². The van der Waals surface area contributed by atoms with E-state index in [0.29, 0.717) is 6.42 Å². The molecule has 0 N–H and O–H groups in total. The molecule has 0 aliphatic carbocycles. The number of benzene rings is 1. The van der Waals surface area contributed by atoms with Crippen molar-refractivity contribution in [3.8, 4) is 0 Å². The molecule has 0 amide bonds. The molecular weight excluding hydrogens is 519 g/mol. The minimum Gasteiger partial charge on any atom is -0.744 e. The fourth-order valence-electron chi connectivity index (χ4n) is 3.68. The van der Waals surface area contributed by atoms with Gasteiger partial charge in [0.15, 0.2) is 0 Å². The SMILES string of the molecule is CCCCCCCC/C=C/OC(=O)c1cccc(S(=O)(=O)[O-])c1C(=O)O/C=C/CCCCCCCC.[K+]. The molecule has 0 aromatic heterocycles. The van der Waals surface area contributed by atoms with Gasteiger partial charge in [-0.15, -0.1) is 0 Å². The molecule has 0 aliphatic heterocycles. The van der Waals surface area contributed by atoms with E-state index in [9.17, 15) is 22.6 Å². The zero-order chi connectivity index (χ0) is 26.7. The summed E-state index contributed by atoms with van der Waals surface area (Å²) in [5, 5.41) is 0. The largest absolute Gasteiger partial charge is 1.00 e. The second-order valence-corrected chi connectivity index (χ2v) is 10.1. The summed E-state index contributed by atoms with van der Waals surface area (Å²) < 4.78 is 45.3. The topological polar surface area (TPSA) is 110 Å². The van der Waals surface area contributed by atoms with Crippen LogP contribution in [0, 0.1) is 0 Å². The quantitative estimate of drug-likeness (QED) is 0.0809. The normalized spacial score (nSPS) is 11.5. The molecule has 0 saturated carbocycles. The standard InChI is InChI=1S/C28H42O7S.K/c1-3-5-7-9-11-13-15-17-22-34-27(29)24-20-19-21-25(36(31,32)33)26(24)28(30)35-23-18-16-14-12-10-8-6-4-2;/h17-23H,3-16H2,1-2H3,(H,31,32,33);/q;+1/p-1/b22-17+,23-18+;. The number of allylic oxidation sites excluding steroid dienone is 2. The van der Waals surface area contributed by atoms with Gasteiger partial charge in [0.2, 0.25) is 0 Å². The van der Waals surface area contributed by atoms with Gasteiger partial charge in [0, 0.05) is 0 Å². The molecule has 0 spiro atoms. The summed E-state index contributed by atoms with van der Waals surface area (Å²) in [7, 11) is -5.03. The fraction of sp³-hybridized carbons (Fsp3) is 0.571. The average molecular weight is 561 g/mol. The maximum Gasteiger partial charge on any atom is 1.00 e. The van der Waals surface area contributed by atoms with E-state index in [2.05, 4.69) is 13.8 Å². The van der Waals surface area contributed by atoms with Gasteiger partial charge in [-0.1, -0.05) is 84.1 Å². The van der Waals surface area contributed by atoms with Crippen molar-refractivity contribution in [1.82, 2.24) is 0 Å². The van der Waals surface area contributed by atoms with E-state index in [0.717, 1.165) is 57.3 Å². The molecule has 0 aliphatic rings. The first-order chi connectivity index (χ1) is 17.3. The van der Waals surface area contributed by atoms with Crippen molar-refractivity contribution >= 4 is 22.1 Å². The van der Waals surface area contributed by atoms with E-state index in [1.54, 1.807) is 12.2 Å². The molecule has 0 atom stereocenters. The summed E-state index contributed by atoms with van der Waals surface area (Å²) in [5.74, 6) is -2.05. The summed E-state index contributed by atoms with van der Waals surface area (Å²) in [6, 6.07) is 3.42. The van der Waals surface area contributed by atoms with Gasteiger partial charge in [0.05, 0.1) is 28.5 Å². The van der Waals surface area contributed by atoms with Crippen LogP contribution in [0.5, 0.6) is 0 Å². The predicted molar refractivity (Wildman–Crippen MR) is 140 cm³/mol. The number of rotatable bonds is 19. The molecular formula is C28H41KO7S. The van der Waals surface area contributed by atoms with Crippen molar-refractivity contribution < 1.29 is 83.4 Å². The number of hydrogen-bond donors (Lipinski definition) is 0. The van der Waals surface area contributed by atoms with Crippen LogP contribution in [-0.2, 0) is 19.6 Å². The Labute approximate surface area is 265 Å². The Morgan fingerprint density at radius 3 is 1.70 bits per heavy atom. The summed E-state index contributed by atoms with van der Waals surface area (Å²) in [6.07, 6.45) is 20.8. The summed E-state index contributed by atoms with van der Waals surface area (Å²) in [5.41, 5.74) is -0.962. The number of unbranched alkanes of at least 4 members (excludes halogenated alkanes) is 12. The average Bonchev–Trinajstić information content (AvgIpc) is 2.85. The number of carbonyl (C=O) groups is 2. The molecule has 1 rings (SSSR count). The molecule has 202 valence electrons. The van der Waals surface area contributed by atoms with Crippen molar-refractivity contribution in [3.05, 3.63) is 54.0 Å². The van der Waals surface area contributed by atoms with E-state index in [1.165, 1.54) is 56.9 Å². The Morgan fingerprint density at radius 1 is 0.757 bits per heavy atom. The van der Waals surface area contributed by atoms with Gasteiger partial charge in [-0.2, -0.15) is 0 Å². The van der Waals surface area contributed by atoms with Gasteiger partial charge in [0.25, 0.3) is 0 Å². The molecule has 0 heterocycles. The van der Waals surface area contributed by atoms with Crippen molar-refractivity contribution in [1.29, 1.82) is 0 Å². The number of carbonyl (C=O) groups excluding carboxylic acids is 2. The number of ether oxygens (including phenoxy) is 2. The fourth-order valence-corrected chi connectivity index (χ4v) is 4.37. The van der Waals surface area contributed by atoms with Gasteiger partial charge >= 0.3 is 63.3 Å². The monoisotopic (exact) mass is 560 g/mol. The second kappa shape index (κ2) is 22.0. The van der Waals surface area contributed by atoms with E-state index in [4.69, 9.17) is 9.47 Å². The van der Waals surface area contributed by atoms with Crippen molar-refractivity contribution in [2.24, 2.45) is 0 Å². The Kier molecular flexibility index (Phi) is 21.6. The summed E-state index contributed by atoms with van der Waals surface area (Å²) >= 11 is 0. The van der Waals surface area contributed by atoms with E-state index < -0.39 is 32.5 Å². The smallest absolute Gasteiger partial charge is 0.744 e. The molecule has 0 saturated heterocycles. The number of esters is 2. The molecule has 1 aromatic carbocycles. The van der Waals surface area contributed by atoms with Crippen LogP contribution in [0.25, 0.3) is 0 Å². The third-order valence-electron chi connectivity index (χ3n) is 5.71. The van der Waals surface area contributed by atoms with Gasteiger partial charge in [-0.3, -0.25) is 0 Å². The minimum atomic E-state index is -5.03. The Morgan fingerprint density at radius 2 is 1.22 bits per heavy atom. The molecule has 0 radical (unpaired) electrons. The molecule has 9 heteroatoms. The molecule has 7 nitrogen and oxygen atoms in total. The second-order valence-electron chi connectivity index (χ2n) is 8.80. The van der Waals surface area contributed by atoms with Gasteiger partial charge in [-0.25, -0.2) is 18.0 Å². The first kappa shape index (κ1) is 36.2. The maximum atomic E-state index is 12.7. The Balaban J connectivity index is 0.0000130. The van der Waals surface area contributed by atoms with Crippen LogP contribution in [0.15, 0.2) is 47.8 Å². The van der Waals surface area contributed by atoms with Crippen LogP contribution in [0.2, 0.25) is 0 Å². The third kappa shape index (κ3) is 16.0.